The number of rotatable bonds is 6. The third kappa shape index (κ3) is 7.89. The van der Waals surface area contributed by atoms with Crippen molar-refractivity contribution in [1.29, 1.82) is 0 Å². The zero-order valence-electron chi connectivity index (χ0n) is 35.8. The van der Waals surface area contributed by atoms with Gasteiger partial charge in [0.25, 0.3) is 5.91 Å². The van der Waals surface area contributed by atoms with Gasteiger partial charge in [-0.1, -0.05) is 20.8 Å². The Morgan fingerprint density at radius 2 is 1.90 bits per heavy atom. The van der Waals surface area contributed by atoms with Gasteiger partial charge in [-0.2, -0.15) is 0 Å². The summed E-state index contributed by atoms with van der Waals surface area (Å²) < 4.78 is 27.1. The Labute approximate surface area is 355 Å². The molecular formula is C45H57N7O7S. The monoisotopic (exact) mass is 839 g/mol. The van der Waals surface area contributed by atoms with Crippen molar-refractivity contribution in [3.8, 4) is 28.3 Å². The van der Waals surface area contributed by atoms with E-state index in [0.717, 1.165) is 80.6 Å². The predicted octanol–water partition coefficient (Wildman–Crippen LogP) is 5.85. The molecule has 15 heteroatoms. The lowest BCUT2D eigenvalue weighted by Gasteiger charge is -2.35. The maximum absolute atomic E-state index is 14.2. The highest BCUT2D eigenvalue weighted by Crippen LogP contribution is 2.49. The van der Waals surface area contributed by atoms with Crippen molar-refractivity contribution in [2.45, 2.75) is 104 Å². The number of thiazole rings is 1. The van der Waals surface area contributed by atoms with Crippen LogP contribution < -0.4 is 20.4 Å². The molecule has 0 unspecified atom stereocenters. The molecule has 5 aliphatic rings. The number of carbonyl (C=O) groups is 3. The van der Waals surface area contributed by atoms with Crippen molar-refractivity contribution >= 4 is 45.7 Å². The van der Waals surface area contributed by atoms with Gasteiger partial charge in [0.2, 0.25) is 5.91 Å². The number of anilines is 1. The predicted molar refractivity (Wildman–Crippen MR) is 229 cm³/mol. The van der Waals surface area contributed by atoms with Crippen molar-refractivity contribution in [1.82, 2.24) is 30.3 Å². The highest BCUT2D eigenvalue weighted by Gasteiger charge is 2.42. The number of methoxy groups -OCH3 is 1. The molecule has 3 aromatic heterocycles. The first-order chi connectivity index (χ1) is 28.7. The minimum Gasteiger partial charge on any atom is -0.484 e. The minimum absolute atomic E-state index is 0.108. The van der Waals surface area contributed by atoms with Crippen LogP contribution in [0.15, 0.2) is 29.8 Å². The molecule has 5 atom stereocenters. The van der Waals surface area contributed by atoms with E-state index in [-0.39, 0.29) is 42.8 Å². The number of carbonyl (C=O) groups excluding carboxylic acids is 3. The number of hydrogen-bond acceptors (Lipinski definition) is 12. The van der Waals surface area contributed by atoms with E-state index in [9.17, 15) is 14.4 Å². The lowest BCUT2D eigenvalue weighted by Crippen LogP contribution is -2.60. The van der Waals surface area contributed by atoms with E-state index in [1.165, 1.54) is 16.3 Å². The topological polar surface area (TPSA) is 149 Å². The molecule has 60 heavy (non-hydrogen) atoms. The number of amides is 2. The second-order valence-electron chi connectivity index (χ2n) is 18.7. The fourth-order valence-corrected chi connectivity index (χ4v) is 10.1. The van der Waals surface area contributed by atoms with Crippen LogP contribution in [-0.4, -0.2) is 102 Å². The van der Waals surface area contributed by atoms with Gasteiger partial charge in [0.15, 0.2) is 0 Å². The largest absolute Gasteiger partial charge is 0.484 e. The summed E-state index contributed by atoms with van der Waals surface area (Å²) in [5.74, 6) is 0.109. The molecule has 6 bridgehead atoms. The van der Waals surface area contributed by atoms with E-state index in [2.05, 4.69) is 66.1 Å². The van der Waals surface area contributed by atoms with E-state index >= 15 is 0 Å². The van der Waals surface area contributed by atoms with Gasteiger partial charge in [-0.25, -0.2) is 10.4 Å². The van der Waals surface area contributed by atoms with Crippen molar-refractivity contribution in [2.75, 3.05) is 51.5 Å². The van der Waals surface area contributed by atoms with Crippen LogP contribution in [0.2, 0.25) is 0 Å². The Hall–Kier alpha value is -4.57. The summed E-state index contributed by atoms with van der Waals surface area (Å²) in [4.78, 5) is 54.0. The number of benzene rings is 1. The fourth-order valence-electron chi connectivity index (χ4n) is 9.26. The third-order valence-electron chi connectivity index (χ3n) is 12.7. The number of morpholine rings is 1. The number of nitrogens with one attached hydrogen (secondary N) is 2. The molecule has 14 nitrogen and oxygen atoms in total. The lowest BCUT2D eigenvalue weighted by molar-refractivity contribution is -0.155. The summed E-state index contributed by atoms with van der Waals surface area (Å²) >= 11 is 1.47. The summed E-state index contributed by atoms with van der Waals surface area (Å²) in [5, 5.41) is 8.33. The standard InChI is InChI=1S/C45H57N7O7S/c1-25-15-29(25)41(53)48-34-19-37-47-35(22-60-37)27-16-30-32(20-44(3,4)24-58-43(55)33-9-8-10-52(49-33)42(34)54)39(51-23-45(5,6)59-36(17-27)40(30)51)31-18-28(50-11-13-57-14-12-50)21-46-38(31)26(2)56-7/h16-18,21-22,25-26,29,33-34,49H,8-15,19-20,23-24H2,1-7H3,(H,48,53)/t25-,26-,29-,33-,34-/m0/s1. The molecule has 2 amide bonds. The second-order valence-corrected chi connectivity index (χ2v) is 19.7. The number of nitrogens with zero attached hydrogens (tertiary/aromatic N) is 5. The van der Waals surface area contributed by atoms with E-state index in [1.54, 1.807) is 7.11 Å². The molecule has 1 saturated carbocycles. The molecule has 0 radical (unpaired) electrons. The summed E-state index contributed by atoms with van der Waals surface area (Å²) in [6.45, 7) is 16.6. The first kappa shape index (κ1) is 40.8. The van der Waals surface area contributed by atoms with Gasteiger partial charge >= 0.3 is 5.97 Å². The van der Waals surface area contributed by atoms with Gasteiger partial charge in [0.05, 0.1) is 72.0 Å². The van der Waals surface area contributed by atoms with Gasteiger partial charge in [-0.05, 0) is 76.1 Å². The number of cyclic esters (lactones) is 1. The fraction of sp³-hybridized carbons (Fsp3) is 0.578. The van der Waals surface area contributed by atoms with E-state index < -0.39 is 29.1 Å². The molecule has 7 heterocycles. The number of hydrazine groups is 1. The summed E-state index contributed by atoms with van der Waals surface area (Å²) in [6, 6.07) is 4.98. The highest BCUT2D eigenvalue weighted by atomic mass is 32.1. The first-order valence-electron chi connectivity index (χ1n) is 21.4. The maximum atomic E-state index is 14.2. The molecule has 4 aliphatic heterocycles. The maximum Gasteiger partial charge on any atom is 0.324 e. The van der Waals surface area contributed by atoms with Crippen LogP contribution in [0.4, 0.5) is 5.69 Å². The quantitative estimate of drug-likeness (QED) is 0.226. The van der Waals surface area contributed by atoms with Crippen molar-refractivity contribution in [3.05, 3.63) is 46.0 Å². The average Bonchev–Trinajstić information content (AvgIpc) is 3.66. The Morgan fingerprint density at radius 3 is 2.65 bits per heavy atom. The molecule has 1 aromatic carbocycles. The number of pyridine rings is 1. The molecule has 0 spiro atoms. The van der Waals surface area contributed by atoms with Gasteiger partial charge < -0.3 is 33.7 Å². The number of fused-ring (bicyclic) bond motifs is 6. The van der Waals surface area contributed by atoms with Gasteiger partial charge in [-0.3, -0.25) is 24.4 Å². The van der Waals surface area contributed by atoms with Crippen LogP contribution in [0.25, 0.3) is 33.4 Å². The average molecular weight is 840 g/mol. The zero-order valence-corrected chi connectivity index (χ0v) is 36.6. The summed E-state index contributed by atoms with van der Waals surface area (Å²) in [7, 11) is 1.71. The van der Waals surface area contributed by atoms with Crippen molar-refractivity contribution < 1.29 is 33.3 Å². The number of hydrogen-bond donors (Lipinski definition) is 2. The van der Waals surface area contributed by atoms with Crippen LogP contribution in [0, 0.1) is 17.3 Å². The van der Waals surface area contributed by atoms with Gasteiger partial charge in [-0.15, -0.1) is 11.3 Å². The Morgan fingerprint density at radius 1 is 1.12 bits per heavy atom. The smallest absolute Gasteiger partial charge is 0.324 e. The summed E-state index contributed by atoms with van der Waals surface area (Å²) in [5.41, 5.74) is 9.72. The van der Waals surface area contributed by atoms with E-state index in [4.69, 9.17) is 28.9 Å². The van der Waals surface area contributed by atoms with E-state index in [1.807, 2.05) is 25.4 Å². The third-order valence-corrected chi connectivity index (χ3v) is 13.6. The highest BCUT2D eigenvalue weighted by molar-refractivity contribution is 7.10. The SMILES string of the molecule is CO[C@@H](C)c1ncc(N2CCOCC2)cc1-c1c2c3cc(cc4c3n1CC(C)(C)O4)-c1csc(n1)C[C@H](NC(=O)[C@H]1C[C@@H]1C)C(=O)N1CCC[C@H](N1)C(=O)OCC(C)(C)C2. The van der Waals surface area contributed by atoms with Gasteiger partial charge in [0, 0.05) is 66.4 Å². The number of esters is 1. The molecule has 9 rings (SSSR count). The minimum atomic E-state index is -0.856. The molecule has 2 saturated heterocycles. The Balaban J connectivity index is 1.23. The second kappa shape index (κ2) is 15.7. The lowest BCUT2D eigenvalue weighted by atomic mass is 9.84. The van der Waals surface area contributed by atoms with Crippen LogP contribution in [0.1, 0.15) is 83.2 Å². The van der Waals surface area contributed by atoms with Crippen LogP contribution in [-0.2, 0) is 48.0 Å². The summed E-state index contributed by atoms with van der Waals surface area (Å²) in [6.07, 6.45) is 4.39. The molecule has 4 aromatic rings. The number of aromatic nitrogens is 3. The Kier molecular flexibility index (Phi) is 10.7. The molecule has 320 valence electrons. The van der Waals surface area contributed by atoms with E-state index in [0.29, 0.717) is 45.6 Å². The molecule has 2 N–H and O–H groups in total. The van der Waals surface area contributed by atoms with Crippen LogP contribution in [0.5, 0.6) is 5.75 Å². The zero-order chi connectivity index (χ0) is 42.1. The first-order valence-corrected chi connectivity index (χ1v) is 22.3. The van der Waals surface area contributed by atoms with Crippen molar-refractivity contribution in [3.63, 3.8) is 0 Å². The molecule has 3 fully saturated rings. The normalized spacial score (nSPS) is 25.6. The van der Waals surface area contributed by atoms with Gasteiger partial charge in [0.1, 0.15) is 23.4 Å². The molecule has 1 aliphatic carbocycles. The van der Waals surface area contributed by atoms with Crippen LogP contribution >= 0.6 is 11.3 Å². The number of ether oxygens (including phenoxy) is 4. The van der Waals surface area contributed by atoms with Crippen molar-refractivity contribution in [2.24, 2.45) is 17.3 Å². The Bertz CT molecular complexity index is 2330. The van der Waals surface area contributed by atoms with Crippen LogP contribution in [0.3, 0.4) is 0 Å². The molecular weight excluding hydrogens is 783 g/mol.